The zero-order valence-corrected chi connectivity index (χ0v) is 17.3. The maximum atomic E-state index is 12.3. The number of nitrogens with zero attached hydrogens (tertiary/aromatic N) is 4. The van der Waals surface area contributed by atoms with Gasteiger partial charge in [-0.3, -0.25) is 4.79 Å². The fourth-order valence-electron chi connectivity index (χ4n) is 3.42. The van der Waals surface area contributed by atoms with E-state index in [0.29, 0.717) is 11.7 Å². The van der Waals surface area contributed by atoms with Crippen LogP contribution in [0.3, 0.4) is 0 Å². The van der Waals surface area contributed by atoms with Crippen LogP contribution in [0.5, 0.6) is 0 Å². The number of carbonyl (C=O) groups is 1. The van der Waals surface area contributed by atoms with E-state index in [4.69, 9.17) is 0 Å². The summed E-state index contributed by atoms with van der Waals surface area (Å²) >= 11 is 1.31. The molecule has 0 saturated heterocycles. The number of benzene rings is 2. The molecule has 0 aliphatic heterocycles. The van der Waals surface area contributed by atoms with Gasteiger partial charge in [0.2, 0.25) is 11.1 Å². The van der Waals surface area contributed by atoms with Gasteiger partial charge < -0.3 is 9.88 Å². The van der Waals surface area contributed by atoms with E-state index in [1.165, 1.54) is 17.3 Å². The summed E-state index contributed by atoms with van der Waals surface area (Å²) < 4.78 is 2.13. The van der Waals surface area contributed by atoms with E-state index in [0.717, 1.165) is 28.6 Å². The Bertz CT molecular complexity index is 1140. The van der Waals surface area contributed by atoms with E-state index in [-0.39, 0.29) is 17.6 Å². The Morgan fingerprint density at radius 3 is 2.66 bits per heavy atom. The Kier molecular flexibility index (Phi) is 5.76. The van der Waals surface area contributed by atoms with Gasteiger partial charge in [-0.15, -0.1) is 10.2 Å². The van der Waals surface area contributed by atoms with E-state index in [1.54, 1.807) is 0 Å². The van der Waals surface area contributed by atoms with Crippen LogP contribution in [0.1, 0.15) is 25.3 Å². The van der Waals surface area contributed by atoms with Crippen molar-refractivity contribution in [2.75, 3.05) is 12.3 Å². The molecule has 29 heavy (non-hydrogen) atoms. The highest BCUT2D eigenvalue weighted by molar-refractivity contribution is 7.99. The molecule has 0 saturated carbocycles. The molecule has 7 heteroatoms. The van der Waals surface area contributed by atoms with Crippen LogP contribution in [-0.2, 0) is 11.3 Å². The predicted molar refractivity (Wildman–Crippen MR) is 117 cm³/mol. The van der Waals surface area contributed by atoms with Gasteiger partial charge in [-0.2, -0.15) is 0 Å². The van der Waals surface area contributed by atoms with Gasteiger partial charge in [-0.25, -0.2) is 4.98 Å². The fraction of sp³-hybridized carbons (Fsp3) is 0.273. The first-order valence-electron chi connectivity index (χ1n) is 9.73. The second kappa shape index (κ2) is 8.61. The molecule has 0 spiro atoms. The normalized spacial score (nSPS) is 12.3. The smallest absolute Gasteiger partial charge is 0.230 e. The Labute approximate surface area is 173 Å². The summed E-state index contributed by atoms with van der Waals surface area (Å²) in [7, 11) is 0. The van der Waals surface area contributed by atoms with Gasteiger partial charge in [0, 0.05) is 18.5 Å². The van der Waals surface area contributed by atoms with E-state index in [1.807, 2.05) is 36.4 Å². The van der Waals surface area contributed by atoms with Gasteiger partial charge in [-0.1, -0.05) is 67.2 Å². The Hall–Kier alpha value is -2.93. The third-order valence-electron chi connectivity index (χ3n) is 4.98. The van der Waals surface area contributed by atoms with Crippen molar-refractivity contribution in [3.63, 3.8) is 0 Å². The summed E-state index contributed by atoms with van der Waals surface area (Å²) in [5.74, 6) is 0.498. The largest absolute Gasteiger partial charge is 0.355 e. The van der Waals surface area contributed by atoms with Crippen molar-refractivity contribution in [2.45, 2.75) is 31.5 Å². The molecule has 0 aliphatic carbocycles. The summed E-state index contributed by atoms with van der Waals surface area (Å²) in [6, 6.07) is 18.3. The third kappa shape index (κ3) is 4.10. The summed E-state index contributed by atoms with van der Waals surface area (Å²) in [5, 5.41) is 13.2. The highest BCUT2D eigenvalue weighted by atomic mass is 32.2. The number of nitrogens with one attached hydrogen (secondary N) is 1. The van der Waals surface area contributed by atoms with Crippen LogP contribution in [0.4, 0.5) is 0 Å². The molecule has 2 aromatic carbocycles. The number of hydrogen-bond acceptors (Lipinski definition) is 5. The minimum absolute atomic E-state index is 0.0301. The molecule has 2 heterocycles. The van der Waals surface area contributed by atoms with Crippen molar-refractivity contribution in [3.05, 3.63) is 60.2 Å². The molecule has 0 aliphatic rings. The zero-order valence-electron chi connectivity index (χ0n) is 16.5. The number of fused-ring (bicyclic) bond motifs is 3. The molecule has 6 nitrogen and oxygen atoms in total. The lowest BCUT2D eigenvalue weighted by Crippen LogP contribution is -2.29. The molecule has 1 amide bonds. The zero-order chi connectivity index (χ0) is 20.2. The first-order chi connectivity index (χ1) is 14.2. The lowest BCUT2D eigenvalue weighted by molar-refractivity contribution is -0.118. The number of thioether (sulfide) groups is 1. The van der Waals surface area contributed by atoms with Crippen molar-refractivity contribution in [2.24, 2.45) is 0 Å². The SMILES string of the molecule is CCn1c2ccccc2c2nnc(SCC(=O)NC[C@@H](C)c3ccccc3)nc21. The number of aryl methyl sites for hydroxylation is 1. The van der Waals surface area contributed by atoms with Crippen LogP contribution >= 0.6 is 11.8 Å². The van der Waals surface area contributed by atoms with Crippen LogP contribution in [0.2, 0.25) is 0 Å². The minimum Gasteiger partial charge on any atom is -0.355 e. The van der Waals surface area contributed by atoms with E-state index in [2.05, 4.69) is 57.1 Å². The number of carbonyl (C=O) groups excluding carboxylic acids is 1. The molecule has 0 unspecified atom stereocenters. The molecule has 0 fully saturated rings. The topological polar surface area (TPSA) is 72.7 Å². The quantitative estimate of drug-likeness (QED) is 0.470. The van der Waals surface area contributed by atoms with Crippen LogP contribution in [0, 0.1) is 0 Å². The highest BCUT2D eigenvalue weighted by Crippen LogP contribution is 2.26. The maximum Gasteiger partial charge on any atom is 0.230 e. The third-order valence-corrected chi connectivity index (χ3v) is 5.81. The van der Waals surface area contributed by atoms with E-state index >= 15 is 0 Å². The van der Waals surface area contributed by atoms with Gasteiger partial charge in [0.05, 0.1) is 11.3 Å². The lowest BCUT2D eigenvalue weighted by atomic mass is 10.0. The van der Waals surface area contributed by atoms with E-state index in [9.17, 15) is 4.79 Å². The van der Waals surface area contributed by atoms with Gasteiger partial charge in [0.1, 0.15) is 5.52 Å². The number of hydrogen-bond donors (Lipinski definition) is 1. The Morgan fingerprint density at radius 1 is 1.10 bits per heavy atom. The average molecular weight is 406 g/mol. The van der Waals surface area contributed by atoms with Gasteiger partial charge in [-0.05, 0) is 24.5 Å². The van der Waals surface area contributed by atoms with Crippen molar-refractivity contribution in [1.82, 2.24) is 25.1 Å². The fourth-order valence-corrected chi connectivity index (χ4v) is 4.03. The molecule has 2 aromatic heterocycles. The lowest BCUT2D eigenvalue weighted by Gasteiger charge is -2.12. The number of para-hydroxylation sites is 1. The van der Waals surface area contributed by atoms with Crippen LogP contribution in [0.25, 0.3) is 22.1 Å². The Morgan fingerprint density at radius 2 is 1.86 bits per heavy atom. The standard InChI is InChI=1S/C22H23N5OS/c1-3-27-18-12-8-7-11-17(18)20-21(27)24-22(26-25-20)29-14-19(28)23-13-15(2)16-9-5-4-6-10-16/h4-12,15H,3,13-14H2,1-2H3,(H,23,28)/t15-/m1/s1. The monoisotopic (exact) mass is 405 g/mol. The van der Waals surface area contributed by atoms with Crippen molar-refractivity contribution < 1.29 is 4.79 Å². The van der Waals surface area contributed by atoms with E-state index < -0.39 is 0 Å². The summed E-state index contributed by atoms with van der Waals surface area (Å²) in [4.78, 5) is 16.9. The first kappa shape index (κ1) is 19.4. The van der Waals surface area contributed by atoms with Crippen LogP contribution < -0.4 is 5.32 Å². The molecule has 4 rings (SSSR count). The average Bonchev–Trinajstić information content (AvgIpc) is 3.09. The molecule has 1 atom stereocenters. The van der Waals surface area contributed by atoms with Crippen LogP contribution in [0.15, 0.2) is 59.8 Å². The maximum absolute atomic E-state index is 12.3. The van der Waals surface area contributed by atoms with Gasteiger partial charge in [0.15, 0.2) is 5.65 Å². The number of rotatable bonds is 7. The van der Waals surface area contributed by atoms with Crippen LogP contribution in [-0.4, -0.2) is 38.0 Å². The molecular weight excluding hydrogens is 382 g/mol. The minimum atomic E-state index is -0.0301. The van der Waals surface area contributed by atoms with Gasteiger partial charge >= 0.3 is 0 Å². The molecule has 1 N–H and O–H groups in total. The number of amides is 1. The second-order valence-electron chi connectivity index (χ2n) is 6.93. The molecule has 4 aromatic rings. The molecule has 148 valence electrons. The first-order valence-corrected chi connectivity index (χ1v) is 10.7. The van der Waals surface area contributed by atoms with Crippen molar-refractivity contribution in [3.8, 4) is 0 Å². The highest BCUT2D eigenvalue weighted by Gasteiger charge is 2.14. The van der Waals surface area contributed by atoms with Crippen molar-refractivity contribution in [1.29, 1.82) is 0 Å². The number of aromatic nitrogens is 4. The molecule has 0 radical (unpaired) electrons. The summed E-state index contributed by atoms with van der Waals surface area (Å²) in [5.41, 5.74) is 3.92. The summed E-state index contributed by atoms with van der Waals surface area (Å²) in [6.45, 7) is 5.59. The summed E-state index contributed by atoms with van der Waals surface area (Å²) in [6.07, 6.45) is 0. The van der Waals surface area contributed by atoms with Gasteiger partial charge in [0.25, 0.3) is 0 Å². The van der Waals surface area contributed by atoms with Crippen molar-refractivity contribution >= 4 is 39.7 Å². The Balaban J connectivity index is 1.42. The molecule has 0 bridgehead atoms. The predicted octanol–water partition coefficient (Wildman–Crippen LogP) is 4.01. The molecular formula is C22H23N5OS. The second-order valence-corrected chi connectivity index (χ2v) is 7.87.